The Hall–Kier alpha value is -0.915. The molecule has 1 rings (SSSR count). The largest absolute Gasteiger partial charge is 0.496 e. The van der Waals surface area contributed by atoms with Gasteiger partial charge in [-0.05, 0) is 12.1 Å². The van der Waals surface area contributed by atoms with Gasteiger partial charge < -0.3 is 20.3 Å². The van der Waals surface area contributed by atoms with Crippen molar-refractivity contribution in [3.8, 4) is 11.5 Å². The van der Waals surface area contributed by atoms with E-state index in [4.69, 9.17) is 23.1 Å². The van der Waals surface area contributed by atoms with E-state index in [0.29, 0.717) is 22.0 Å². The van der Waals surface area contributed by atoms with Crippen LogP contribution in [-0.4, -0.2) is 38.8 Å². The summed E-state index contributed by atoms with van der Waals surface area (Å²) >= 11 is 0.986. The summed E-state index contributed by atoms with van der Waals surface area (Å²) in [6, 6.07) is 2.68. The highest BCUT2D eigenvalue weighted by Gasteiger charge is 2.19. The first kappa shape index (κ1) is 15.1. The third-order valence-corrected chi connectivity index (χ3v) is 2.99. The van der Waals surface area contributed by atoms with Crippen molar-refractivity contribution in [1.82, 2.24) is 0 Å². The topological polar surface area (TPSA) is 64.7 Å². The molecule has 0 bridgehead atoms. The Balaban J connectivity index is 3.17. The van der Waals surface area contributed by atoms with Crippen LogP contribution in [0.1, 0.15) is 5.56 Å². The lowest BCUT2D eigenvalue weighted by Gasteiger charge is -2.21. The molecule has 1 aromatic carbocycles. The van der Waals surface area contributed by atoms with Gasteiger partial charge in [0.15, 0.2) is 0 Å². The molecule has 7 heteroatoms. The van der Waals surface area contributed by atoms with Crippen LogP contribution >= 0.6 is 11.8 Å². The Morgan fingerprint density at radius 1 is 1.39 bits per heavy atom. The predicted molar refractivity (Wildman–Crippen MR) is 70.0 cm³/mol. The Morgan fingerprint density at radius 3 is 2.44 bits per heavy atom. The first-order valence-corrected chi connectivity index (χ1v) is 6.13. The fraction of sp³-hybridized carbons (Fsp3) is 0.455. The third-order valence-electron chi connectivity index (χ3n) is 2.25. The number of nitrogens with two attached hydrogens (primary N) is 1. The van der Waals surface area contributed by atoms with Crippen LogP contribution in [-0.2, 0) is 6.42 Å². The highest BCUT2D eigenvalue weighted by molar-refractivity contribution is 7.99. The predicted octanol–water partition coefficient (Wildman–Crippen LogP) is 1.04. The number of rotatable bonds is 6. The standard InChI is InChI=1S/C11H15BFNO3S/c1-16-8-4-10(18-6-13)9(17-2)3-7(8)5-11(12,14)15/h3-4,15H,5-6,14H2,1-2H3. The smallest absolute Gasteiger partial charge is 0.140 e. The Labute approximate surface area is 111 Å². The van der Waals surface area contributed by atoms with E-state index in [1.165, 1.54) is 14.2 Å². The molecule has 0 saturated carbocycles. The number of aliphatic hydroxyl groups is 1. The van der Waals surface area contributed by atoms with Crippen molar-refractivity contribution < 1.29 is 19.0 Å². The zero-order valence-electron chi connectivity index (χ0n) is 10.3. The van der Waals surface area contributed by atoms with Gasteiger partial charge in [0.25, 0.3) is 0 Å². The van der Waals surface area contributed by atoms with Crippen LogP contribution in [0.4, 0.5) is 4.39 Å². The van der Waals surface area contributed by atoms with E-state index in [2.05, 4.69) is 0 Å². The van der Waals surface area contributed by atoms with Crippen LogP contribution in [0.25, 0.3) is 0 Å². The molecule has 1 unspecified atom stereocenters. The van der Waals surface area contributed by atoms with Gasteiger partial charge >= 0.3 is 0 Å². The van der Waals surface area contributed by atoms with E-state index in [-0.39, 0.29) is 6.42 Å². The van der Waals surface area contributed by atoms with Gasteiger partial charge in [-0.25, -0.2) is 4.39 Å². The van der Waals surface area contributed by atoms with Crippen molar-refractivity contribution in [3.63, 3.8) is 0 Å². The summed E-state index contributed by atoms with van der Waals surface area (Å²) in [5.74, 6) is 0.957. The lowest BCUT2D eigenvalue weighted by atomic mass is 9.85. The van der Waals surface area contributed by atoms with E-state index >= 15 is 0 Å². The fourth-order valence-corrected chi connectivity index (χ4v) is 2.14. The van der Waals surface area contributed by atoms with Gasteiger partial charge in [-0.2, -0.15) is 0 Å². The van der Waals surface area contributed by atoms with Gasteiger partial charge in [0, 0.05) is 12.0 Å². The monoisotopic (exact) mass is 271 g/mol. The number of methoxy groups -OCH3 is 2. The van der Waals surface area contributed by atoms with Crippen molar-refractivity contribution in [1.29, 1.82) is 0 Å². The minimum absolute atomic E-state index is 0.00684. The summed E-state index contributed by atoms with van der Waals surface area (Å²) in [7, 11) is 8.30. The second-order valence-electron chi connectivity index (χ2n) is 3.74. The molecule has 0 amide bonds. The molecule has 0 aliphatic carbocycles. The Morgan fingerprint density at radius 2 is 2.00 bits per heavy atom. The summed E-state index contributed by atoms with van der Waals surface area (Å²) in [6.45, 7) is 0. The van der Waals surface area contributed by atoms with Gasteiger partial charge in [-0.1, -0.05) is 11.8 Å². The average molecular weight is 271 g/mol. The minimum atomic E-state index is -1.84. The maximum atomic E-state index is 12.4. The number of ether oxygens (including phenoxy) is 2. The van der Waals surface area contributed by atoms with Gasteiger partial charge in [0.2, 0.25) is 0 Å². The van der Waals surface area contributed by atoms with Crippen molar-refractivity contribution in [2.45, 2.75) is 16.9 Å². The summed E-state index contributed by atoms with van der Waals surface area (Å²) < 4.78 is 22.7. The zero-order chi connectivity index (χ0) is 13.8. The molecule has 0 heterocycles. The van der Waals surface area contributed by atoms with Crippen LogP contribution in [0.5, 0.6) is 11.5 Å². The third kappa shape index (κ3) is 4.08. The molecule has 0 aromatic heterocycles. The SMILES string of the molecule is [B]C(N)(O)Cc1cc(OC)c(SCF)cc1OC. The van der Waals surface area contributed by atoms with Crippen LogP contribution in [0, 0.1) is 0 Å². The van der Waals surface area contributed by atoms with Crippen LogP contribution < -0.4 is 15.2 Å². The van der Waals surface area contributed by atoms with Crippen molar-refractivity contribution in [3.05, 3.63) is 17.7 Å². The molecule has 0 fully saturated rings. The second kappa shape index (κ2) is 6.31. The summed E-state index contributed by atoms with van der Waals surface area (Å²) in [5.41, 5.74) is 4.10. The van der Waals surface area contributed by atoms with E-state index in [1.54, 1.807) is 12.1 Å². The summed E-state index contributed by atoms with van der Waals surface area (Å²) in [6.07, 6.45) is -0.00684. The van der Waals surface area contributed by atoms with Crippen molar-refractivity contribution in [2.24, 2.45) is 5.73 Å². The second-order valence-corrected chi connectivity index (χ2v) is 4.68. The highest BCUT2D eigenvalue weighted by atomic mass is 32.2. The molecular formula is C11H15BFNO3S. The number of hydrogen-bond acceptors (Lipinski definition) is 5. The Kier molecular flexibility index (Phi) is 5.31. The van der Waals surface area contributed by atoms with Gasteiger partial charge in [-0.15, -0.1) is 0 Å². The molecule has 0 saturated heterocycles. The molecule has 98 valence electrons. The van der Waals surface area contributed by atoms with E-state index in [0.717, 1.165) is 11.8 Å². The quantitative estimate of drug-likeness (QED) is 0.460. The maximum absolute atomic E-state index is 12.4. The molecule has 0 spiro atoms. The molecule has 2 radical (unpaired) electrons. The first-order valence-electron chi connectivity index (χ1n) is 5.15. The number of hydrogen-bond donors (Lipinski definition) is 2. The lowest BCUT2D eigenvalue weighted by Crippen LogP contribution is -2.42. The molecular weight excluding hydrogens is 256 g/mol. The average Bonchev–Trinajstić information content (AvgIpc) is 2.28. The van der Waals surface area contributed by atoms with Crippen LogP contribution in [0.15, 0.2) is 17.0 Å². The van der Waals surface area contributed by atoms with Crippen LogP contribution in [0.2, 0.25) is 0 Å². The summed E-state index contributed by atoms with van der Waals surface area (Å²) in [5, 5.41) is 9.42. The zero-order valence-corrected chi connectivity index (χ0v) is 11.1. The van der Waals surface area contributed by atoms with Gasteiger partial charge in [-0.3, -0.25) is 0 Å². The highest BCUT2D eigenvalue weighted by Crippen LogP contribution is 2.36. The number of alkyl halides is 1. The number of thioether (sulfide) groups is 1. The normalized spacial score (nSPS) is 14.1. The van der Waals surface area contributed by atoms with Gasteiger partial charge in [0.1, 0.15) is 25.4 Å². The van der Waals surface area contributed by atoms with Crippen molar-refractivity contribution >= 4 is 19.6 Å². The Bertz CT molecular complexity index is 412. The number of halogens is 1. The lowest BCUT2D eigenvalue weighted by molar-refractivity contribution is 0.135. The molecule has 1 aromatic rings. The van der Waals surface area contributed by atoms with E-state index in [9.17, 15) is 9.50 Å². The molecule has 0 aliphatic rings. The molecule has 0 aliphatic heterocycles. The van der Waals surface area contributed by atoms with Crippen LogP contribution in [0.3, 0.4) is 0 Å². The minimum Gasteiger partial charge on any atom is -0.496 e. The fourth-order valence-electron chi connectivity index (χ4n) is 1.55. The maximum Gasteiger partial charge on any atom is 0.140 e. The molecule has 3 N–H and O–H groups in total. The van der Waals surface area contributed by atoms with Crippen molar-refractivity contribution in [2.75, 3.05) is 20.2 Å². The molecule has 1 atom stereocenters. The van der Waals surface area contributed by atoms with E-state index in [1.807, 2.05) is 0 Å². The molecule has 18 heavy (non-hydrogen) atoms. The number of benzene rings is 1. The van der Waals surface area contributed by atoms with E-state index < -0.39 is 11.6 Å². The van der Waals surface area contributed by atoms with Gasteiger partial charge in [0.05, 0.1) is 24.7 Å². The summed E-state index contributed by atoms with van der Waals surface area (Å²) in [4.78, 5) is 0.609. The first-order chi connectivity index (χ1) is 8.41. The molecule has 4 nitrogen and oxygen atoms in total.